The molecule has 0 bridgehead atoms. The molecule has 1 aliphatic carbocycles. The molecule has 0 amide bonds. The fourth-order valence-electron chi connectivity index (χ4n) is 13.3. The number of benzene rings is 11. The average molecular weight is 935 g/mol. The summed E-state index contributed by atoms with van der Waals surface area (Å²) in [6, 6.07) is 90.7. The quantitative estimate of drug-likeness (QED) is 0.121. The standard InChI is InChI=1S/C71H54N2/c1-69(2)58-31-15-19-35-64(58)72(65-36-20-16-32-59(65)69)50-41-44-55-54-43-40-47(45-62(54)71(63(55)46-50,48-23-7-5-8-24-48)49-25-9-6-10-26-49)39-42-53-51-27-11-13-29-56(51)68(57-30-14-12-28-52(53)57)73-66-37-21-17-33-60(66)70(3,4)61-34-18-22-38-67(61)73/h5-46H,1-4H3/b42-39+. The van der Waals surface area contributed by atoms with Crippen LogP contribution < -0.4 is 9.80 Å². The van der Waals surface area contributed by atoms with E-state index >= 15 is 0 Å². The van der Waals surface area contributed by atoms with E-state index in [0.717, 1.165) is 11.3 Å². The normalized spacial score (nSPS) is 15.3. The zero-order valence-corrected chi connectivity index (χ0v) is 41.6. The van der Waals surface area contributed by atoms with Gasteiger partial charge in [0.25, 0.3) is 0 Å². The molecule has 2 nitrogen and oxygen atoms in total. The molecule has 14 rings (SSSR count). The van der Waals surface area contributed by atoms with Gasteiger partial charge in [0.15, 0.2) is 0 Å². The number of anilines is 6. The van der Waals surface area contributed by atoms with E-state index in [1.54, 1.807) is 0 Å². The number of rotatable bonds is 6. The maximum atomic E-state index is 2.54. The van der Waals surface area contributed by atoms with Crippen LogP contribution in [0.3, 0.4) is 0 Å². The fraction of sp³-hybridized carbons (Fsp3) is 0.0986. The summed E-state index contributed by atoms with van der Waals surface area (Å²) >= 11 is 0. The molecule has 0 N–H and O–H groups in total. The van der Waals surface area contributed by atoms with Gasteiger partial charge in [0, 0.05) is 27.3 Å². The van der Waals surface area contributed by atoms with Crippen molar-refractivity contribution in [1.82, 2.24) is 0 Å². The predicted octanol–water partition coefficient (Wildman–Crippen LogP) is 18.7. The molecular weight excluding hydrogens is 881 g/mol. The van der Waals surface area contributed by atoms with E-state index in [2.05, 4.69) is 292 Å². The van der Waals surface area contributed by atoms with Crippen molar-refractivity contribution in [2.24, 2.45) is 0 Å². The van der Waals surface area contributed by atoms with E-state index < -0.39 is 5.41 Å². The van der Waals surface area contributed by atoms with Gasteiger partial charge in [-0.1, -0.05) is 240 Å². The van der Waals surface area contributed by atoms with Crippen LogP contribution in [0.5, 0.6) is 0 Å². The van der Waals surface area contributed by atoms with Crippen LogP contribution in [0.4, 0.5) is 34.1 Å². The van der Waals surface area contributed by atoms with Crippen LogP contribution in [0.1, 0.15) is 83.3 Å². The minimum absolute atomic E-state index is 0.151. The highest BCUT2D eigenvalue weighted by molar-refractivity contribution is 6.19. The Hall–Kier alpha value is -8.72. The van der Waals surface area contributed by atoms with Crippen molar-refractivity contribution in [3.8, 4) is 11.1 Å². The van der Waals surface area contributed by atoms with Gasteiger partial charge in [-0.15, -0.1) is 0 Å². The Morgan fingerprint density at radius 2 is 0.699 bits per heavy atom. The van der Waals surface area contributed by atoms with Crippen molar-refractivity contribution < 1.29 is 0 Å². The van der Waals surface area contributed by atoms with E-state index in [-0.39, 0.29) is 10.8 Å². The highest BCUT2D eigenvalue weighted by Crippen LogP contribution is 2.60. The maximum Gasteiger partial charge on any atom is 0.0714 e. The van der Waals surface area contributed by atoms with Crippen LogP contribution >= 0.6 is 0 Å². The Bertz CT molecular complexity index is 3850. The van der Waals surface area contributed by atoms with Crippen molar-refractivity contribution >= 4 is 67.8 Å². The Labute approximate surface area is 428 Å². The van der Waals surface area contributed by atoms with Gasteiger partial charge in [0.2, 0.25) is 0 Å². The smallest absolute Gasteiger partial charge is 0.0714 e. The highest BCUT2D eigenvalue weighted by atomic mass is 15.2. The summed E-state index contributed by atoms with van der Waals surface area (Å²) in [4.78, 5) is 5.03. The van der Waals surface area contributed by atoms with Gasteiger partial charge in [-0.2, -0.15) is 0 Å². The van der Waals surface area contributed by atoms with Gasteiger partial charge in [-0.3, -0.25) is 0 Å². The molecule has 3 aliphatic rings. The number of hydrogen-bond donors (Lipinski definition) is 0. The van der Waals surface area contributed by atoms with Gasteiger partial charge in [0.1, 0.15) is 0 Å². The molecule has 0 fully saturated rings. The van der Waals surface area contributed by atoms with Gasteiger partial charge in [-0.05, 0) is 120 Å². The summed E-state index contributed by atoms with van der Waals surface area (Å²) < 4.78 is 0. The molecule has 0 spiro atoms. The first kappa shape index (κ1) is 43.1. The largest absolute Gasteiger partial charge is 0.310 e. The molecule has 0 aromatic heterocycles. The van der Waals surface area contributed by atoms with Crippen molar-refractivity contribution in [2.75, 3.05) is 9.80 Å². The Morgan fingerprint density at radius 3 is 1.18 bits per heavy atom. The minimum atomic E-state index is -0.599. The number of nitrogens with zero attached hydrogens (tertiary/aromatic N) is 2. The van der Waals surface area contributed by atoms with Crippen LogP contribution in [0.15, 0.2) is 243 Å². The topological polar surface area (TPSA) is 6.48 Å². The van der Waals surface area contributed by atoms with Gasteiger partial charge in [-0.25, -0.2) is 0 Å². The Morgan fingerprint density at radius 1 is 0.315 bits per heavy atom. The van der Waals surface area contributed by atoms with E-state index in [1.807, 2.05) is 0 Å². The zero-order valence-electron chi connectivity index (χ0n) is 41.6. The van der Waals surface area contributed by atoms with Gasteiger partial charge in [0.05, 0.1) is 33.9 Å². The van der Waals surface area contributed by atoms with E-state index in [1.165, 1.54) is 111 Å². The second-order valence-electron chi connectivity index (χ2n) is 21.2. The monoisotopic (exact) mass is 934 g/mol. The molecule has 0 atom stereocenters. The summed E-state index contributed by atoms with van der Waals surface area (Å²) in [6.07, 6.45) is 4.72. The Balaban J connectivity index is 0.960. The molecule has 2 heterocycles. The van der Waals surface area contributed by atoms with Crippen LogP contribution in [-0.4, -0.2) is 0 Å². The van der Waals surface area contributed by atoms with Crippen LogP contribution in [-0.2, 0) is 16.2 Å². The maximum absolute atomic E-state index is 2.54. The molecule has 73 heavy (non-hydrogen) atoms. The molecule has 0 saturated heterocycles. The van der Waals surface area contributed by atoms with Crippen LogP contribution in [0.2, 0.25) is 0 Å². The van der Waals surface area contributed by atoms with E-state index in [0.29, 0.717) is 0 Å². The summed E-state index contributed by atoms with van der Waals surface area (Å²) in [5.74, 6) is 0. The van der Waals surface area contributed by atoms with Crippen molar-refractivity contribution in [3.05, 3.63) is 298 Å². The van der Waals surface area contributed by atoms with E-state index in [4.69, 9.17) is 0 Å². The molecule has 11 aromatic rings. The summed E-state index contributed by atoms with van der Waals surface area (Å²) in [5, 5.41) is 4.89. The van der Waals surface area contributed by atoms with Crippen molar-refractivity contribution in [2.45, 2.75) is 43.9 Å². The summed E-state index contributed by atoms with van der Waals surface area (Å²) in [7, 11) is 0. The zero-order chi connectivity index (χ0) is 49.1. The first-order chi connectivity index (χ1) is 35.8. The van der Waals surface area contributed by atoms with Crippen molar-refractivity contribution in [3.63, 3.8) is 0 Å². The first-order valence-corrected chi connectivity index (χ1v) is 25.8. The second-order valence-corrected chi connectivity index (χ2v) is 21.2. The fourth-order valence-corrected chi connectivity index (χ4v) is 13.3. The van der Waals surface area contributed by atoms with E-state index in [9.17, 15) is 0 Å². The van der Waals surface area contributed by atoms with Gasteiger partial charge < -0.3 is 9.80 Å². The van der Waals surface area contributed by atoms with Crippen LogP contribution in [0, 0.1) is 0 Å². The summed E-state index contributed by atoms with van der Waals surface area (Å²) in [6.45, 7) is 9.44. The number of para-hydroxylation sites is 4. The van der Waals surface area contributed by atoms with Gasteiger partial charge >= 0.3 is 0 Å². The summed E-state index contributed by atoms with van der Waals surface area (Å²) in [5.41, 5.74) is 21.6. The molecule has 0 radical (unpaired) electrons. The SMILES string of the molecule is CC1(C)c2ccccc2N(c2ccc3c(c2)C(c2ccccc2)(c2ccccc2)c2cc(/C=C/c4c5ccccc5c(N5c6ccccc6C(C)(C)c6ccccc65)c5ccccc45)ccc2-3)c2ccccc21. The molecule has 2 heteroatoms. The average Bonchev–Trinajstić information content (AvgIpc) is 3.73. The lowest BCUT2D eigenvalue weighted by Crippen LogP contribution is -2.31. The molecule has 0 saturated carbocycles. The highest BCUT2D eigenvalue weighted by Gasteiger charge is 2.47. The lowest BCUT2D eigenvalue weighted by molar-refractivity contribution is 0.632. The van der Waals surface area contributed by atoms with Crippen molar-refractivity contribution in [1.29, 1.82) is 0 Å². The second kappa shape index (κ2) is 16.2. The van der Waals surface area contributed by atoms with Crippen LogP contribution in [0.25, 0.3) is 44.8 Å². The molecule has 11 aromatic carbocycles. The predicted molar refractivity (Wildman–Crippen MR) is 308 cm³/mol. The lowest BCUT2D eigenvalue weighted by atomic mass is 9.67. The third-order valence-corrected chi connectivity index (χ3v) is 16.7. The lowest BCUT2D eigenvalue weighted by Gasteiger charge is -2.42. The minimum Gasteiger partial charge on any atom is -0.310 e. The molecular formula is C71H54N2. The number of fused-ring (bicyclic) bond motifs is 9. The molecule has 2 aliphatic heterocycles. The Kier molecular flexibility index (Phi) is 9.54. The molecule has 0 unspecified atom stereocenters. The third-order valence-electron chi connectivity index (χ3n) is 16.7. The third kappa shape index (κ3) is 6.17. The first-order valence-electron chi connectivity index (χ1n) is 25.8. The molecule has 348 valence electrons. The number of hydrogen-bond acceptors (Lipinski definition) is 2.